The van der Waals surface area contributed by atoms with E-state index in [2.05, 4.69) is 10.6 Å². The number of amides is 1. The molecule has 7 nitrogen and oxygen atoms in total. The van der Waals surface area contributed by atoms with Gasteiger partial charge in [0.15, 0.2) is 0 Å². The van der Waals surface area contributed by atoms with E-state index in [9.17, 15) is 14.4 Å². The summed E-state index contributed by atoms with van der Waals surface area (Å²) in [5.41, 5.74) is 0.862. The van der Waals surface area contributed by atoms with E-state index < -0.39 is 29.9 Å². The fourth-order valence-electron chi connectivity index (χ4n) is 2.14. The maximum atomic E-state index is 12.2. The second-order valence-corrected chi connectivity index (χ2v) is 4.98. The molecule has 0 saturated carbocycles. The van der Waals surface area contributed by atoms with Gasteiger partial charge in [-0.15, -0.1) is 0 Å². The normalized spacial score (nSPS) is 13.0. The predicted molar refractivity (Wildman–Crippen MR) is 83.8 cm³/mol. The molecule has 0 radical (unpaired) electrons. The molecule has 2 atom stereocenters. The van der Waals surface area contributed by atoms with E-state index in [1.165, 1.54) is 7.11 Å². The topological polar surface area (TPSA) is 105 Å². The number of rotatable bonds is 9. The molecule has 0 heterocycles. The van der Waals surface area contributed by atoms with Crippen LogP contribution in [0.25, 0.3) is 0 Å². The van der Waals surface area contributed by atoms with E-state index in [1.54, 1.807) is 6.92 Å². The largest absolute Gasteiger partial charge is 0.481 e. The molecule has 3 N–H and O–H groups in total. The van der Waals surface area contributed by atoms with E-state index in [0.717, 1.165) is 5.56 Å². The van der Waals surface area contributed by atoms with Crippen molar-refractivity contribution < 1.29 is 24.2 Å². The average Bonchev–Trinajstić information content (AvgIpc) is 2.53. The number of nitrogens with one attached hydrogen (secondary N) is 2. The summed E-state index contributed by atoms with van der Waals surface area (Å²) in [6.07, 6.45) is -0.0932. The van der Waals surface area contributed by atoms with Crippen LogP contribution in [0.5, 0.6) is 0 Å². The van der Waals surface area contributed by atoms with Gasteiger partial charge in [0.05, 0.1) is 19.6 Å². The smallest absolute Gasteiger partial charge is 0.328 e. The van der Waals surface area contributed by atoms with Gasteiger partial charge >= 0.3 is 11.9 Å². The summed E-state index contributed by atoms with van der Waals surface area (Å²) in [6, 6.07) is 7.41. The molecule has 0 aliphatic rings. The highest BCUT2D eigenvalue weighted by atomic mass is 16.5. The lowest BCUT2D eigenvalue weighted by molar-refractivity contribution is -0.145. The molecular weight excluding hydrogens is 300 g/mol. The number of likely N-dealkylation sites (N-methyl/N-ethyl adjacent to an activating group) is 1. The number of hydrogen-bond donors (Lipinski definition) is 3. The Morgan fingerprint density at radius 1 is 1.17 bits per heavy atom. The molecule has 0 aromatic heterocycles. The minimum atomic E-state index is -1.09. The number of esters is 1. The van der Waals surface area contributed by atoms with Gasteiger partial charge in [-0.2, -0.15) is 0 Å². The first kappa shape index (κ1) is 18.6. The van der Waals surface area contributed by atoms with Crippen LogP contribution in [0.4, 0.5) is 0 Å². The van der Waals surface area contributed by atoms with Gasteiger partial charge in [0.25, 0.3) is 0 Å². The molecule has 0 fully saturated rings. The van der Waals surface area contributed by atoms with Crippen LogP contribution in [0.1, 0.15) is 18.9 Å². The zero-order valence-electron chi connectivity index (χ0n) is 13.2. The molecule has 1 aromatic carbocycles. The SMILES string of the molecule is CCN[C@H](CC(=O)O)C(=O)N[C@H](Cc1ccccc1)C(=O)OC. The van der Waals surface area contributed by atoms with E-state index in [4.69, 9.17) is 9.84 Å². The third-order valence-electron chi connectivity index (χ3n) is 3.23. The van der Waals surface area contributed by atoms with Crippen LogP contribution in [-0.4, -0.2) is 48.7 Å². The number of carbonyl (C=O) groups excluding carboxylic acids is 2. The fraction of sp³-hybridized carbons (Fsp3) is 0.438. The minimum absolute atomic E-state index is 0.269. The first-order valence-electron chi connectivity index (χ1n) is 7.35. The second kappa shape index (κ2) is 9.58. The van der Waals surface area contributed by atoms with Crippen molar-refractivity contribution in [3.05, 3.63) is 35.9 Å². The molecule has 0 unspecified atom stereocenters. The summed E-state index contributed by atoms with van der Waals surface area (Å²) in [6.45, 7) is 2.21. The molecule has 126 valence electrons. The van der Waals surface area contributed by atoms with Crippen LogP contribution in [0, 0.1) is 0 Å². The Morgan fingerprint density at radius 3 is 2.35 bits per heavy atom. The summed E-state index contributed by atoms with van der Waals surface area (Å²) < 4.78 is 4.72. The van der Waals surface area contributed by atoms with E-state index in [-0.39, 0.29) is 12.8 Å². The summed E-state index contributed by atoms with van der Waals surface area (Å²) >= 11 is 0. The lowest BCUT2D eigenvalue weighted by atomic mass is 10.1. The minimum Gasteiger partial charge on any atom is -0.481 e. The number of carboxylic acid groups (broad SMARTS) is 1. The van der Waals surface area contributed by atoms with Gasteiger partial charge in [0, 0.05) is 6.42 Å². The lowest BCUT2D eigenvalue weighted by Crippen LogP contribution is -2.51. The third kappa shape index (κ3) is 6.48. The Bertz CT molecular complexity index is 533. The highest BCUT2D eigenvalue weighted by molar-refractivity contribution is 5.90. The molecular formula is C16H22N2O5. The first-order valence-corrected chi connectivity index (χ1v) is 7.35. The van der Waals surface area contributed by atoms with Crippen LogP contribution in [0.15, 0.2) is 30.3 Å². The third-order valence-corrected chi connectivity index (χ3v) is 3.23. The standard InChI is InChI=1S/C16H22N2O5/c1-3-17-12(10-14(19)20)15(21)18-13(16(22)23-2)9-11-7-5-4-6-8-11/h4-8,12-13,17H,3,9-10H2,1-2H3,(H,18,21)(H,19,20)/t12-,13-/m1/s1. The molecule has 1 amide bonds. The van der Waals surface area contributed by atoms with Crippen LogP contribution >= 0.6 is 0 Å². The summed E-state index contributed by atoms with van der Waals surface area (Å²) in [4.78, 5) is 35.0. The van der Waals surface area contributed by atoms with E-state index in [1.807, 2.05) is 30.3 Å². The Labute approximate surface area is 135 Å². The van der Waals surface area contributed by atoms with Gasteiger partial charge in [-0.3, -0.25) is 9.59 Å². The number of methoxy groups -OCH3 is 1. The maximum Gasteiger partial charge on any atom is 0.328 e. The van der Waals surface area contributed by atoms with Crippen molar-refractivity contribution in [2.24, 2.45) is 0 Å². The molecule has 0 aliphatic carbocycles. The zero-order valence-corrected chi connectivity index (χ0v) is 13.2. The summed E-state index contributed by atoms with van der Waals surface area (Å²) in [7, 11) is 1.24. The van der Waals surface area contributed by atoms with Crippen molar-refractivity contribution in [3.8, 4) is 0 Å². The quantitative estimate of drug-likeness (QED) is 0.566. The van der Waals surface area contributed by atoms with Crippen molar-refractivity contribution in [2.45, 2.75) is 31.8 Å². The summed E-state index contributed by atoms with van der Waals surface area (Å²) in [5, 5.41) is 14.2. The van der Waals surface area contributed by atoms with Crippen LogP contribution in [-0.2, 0) is 25.5 Å². The predicted octanol–water partition coefficient (Wildman–Crippen LogP) is 0.340. The fourth-order valence-corrected chi connectivity index (χ4v) is 2.14. The highest BCUT2D eigenvalue weighted by Crippen LogP contribution is 2.05. The number of benzene rings is 1. The van der Waals surface area contributed by atoms with Gasteiger partial charge in [0.1, 0.15) is 6.04 Å². The monoisotopic (exact) mass is 322 g/mol. The van der Waals surface area contributed by atoms with Crippen molar-refractivity contribution >= 4 is 17.8 Å². The Balaban J connectivity index is 2.80. The van der Waals surface area contributed by atoms with Gasteiger partial charge < -0.3 is 20.5 Å². The van der Waals surface area contributed by atoms with Crippen LogP contribution in [0.3, 0.4) is 0 Å². The van der Waals surface area contributed by atoms with Crippen LogP contribution < -0.4 is 10.6 Å². The number of ether oxygens (including phenoxy) is 1. The van der Waals surface area contributed by atoms with Crippen molar-refractivity contribution in [2.75, 3.05) is 13.7 Å². The number of carbonyl (C=O) groups is 3. The summed E-state index contributed by atoms with van der Waals surface area (Å²) in [5.74, 6) is -2.21. The Morgan fingerprint density at radius 2 is 1.83 bits per heavy atom. The molecule has 0 aliphatic heterocycles. The van der Waals surface area contributed by atoms with Crippen molar-refractivity contribution in [1.82, 2.24) is 10.6 Å². The number of aliphatic carboxylic acids is 1. The van der Waals surface area contributed by atoms with Gasteiger partial charge in [-0.05, 0) is 12.1 Å². The molecule has 7 heteroatoms. The maximum absolute atomic E-state index is 12.2. The van der Waals surface area contributed by atoms with Crippen molar-refractivity contribution in [3.63, 3.8) is 0 Å². The second-order valence-electron chi connectivity index (χ2n) is 4.98. The first-order chi connectivity index (χ1) is 11.0. The molecule has 0 bridgehead atoms. The number of hydrogen-bond acceptors (Lipinski definition) is 5. The molecule has 1 aromatic rings. The Kier molecular flexibility index (Phi) is 7.76. The van der Waals surface area contributed by atoms with Gasteiger partial charge in [0.2, 0.25) is 5.91 Å². The zero-order chi connectivity index (χ0) is 17.2. The molecule has 1 rings (SSSR count). The number of carboxylic acids is 1. The van der Waals surface area contributed by atoms with Gasteiger partial charge in [-0.1, -0.05) is 37.3 Å². The van der Waals surface area contributed by atoms with E-state index >= 15 is 0 Å². The van der Waals surface area contributed by atoms with Crippen molar-refractivity contribution in [1.29, 1.82) is 0 Å². The molecule has 0 saturated heterocycles. The molecule has 23 heavy (non-hydrogen) atoms. The average molecular weight is 322 g/mol. The Hall–Kier alpha value is -2.41. The van der Waals surface area contributed by atoms with Gasteiger partial charge in [-0.25, -0.2) is 4.79 Å². The van der Waals surface area contributed by atoms with E-state index in [0.29, 0.717) is 6.54 Å². The van der Waals surface area contributed by atoms with Crippen LogP contribution in [0.2, 0.25) is 0 Å². The lowest BCUT2D eigenvalue weighted by Gasteiger charge is -2.21. The molecule has 0 spiro atoms. The highest BCUT2D eigenvalue weighted by Gasteiger charge is 2.27.